The number of thiophene rings is 1. The number of carbonyl (C=O) groups excluding carboxylic acids is 1. The van der Waals surface area contributed by atoms with Gasteiger partial charge in [0.2, 0.25) is 5.91 Å². The Bertz CT molecular complexity index is 700. The average molecular weight is 332 g/mol. The van der Waals surface area contributed by atoms with Crippen LogP contribution >= 0.6 is 11.3 Å². The molecule has 0 spiro atoms. The summed E-state index contributed by atoms with van der Waals surface area (Å²) in [5, 5.41) is 2.02. The van der Waals surface area contributed by atoms with Crippen LogP contribution in [0.5, 0.6) is 11.5 Å². The molecule has 1 aromatic heterocycles. The highest BCUT2D eigenvalue weighted by molar-refractivity contribution is 7.10. The Morgan fingerprint density at radius 3 is 2.70 bits per heavy atom. The summed E-state index contributed by atoms with van der Waals surface area (Å²) in [6, 6.07) is 7.93. The van der Waals surface area contributed by atoms with Gasteiger partial charge in [-0.2, -0.15) is 0 Å². The van der Waals surface area contributed by atoms with Gasteiger partial charge in [0.1, 0.15) is 0 Å². The maximum Gasteiger partial charge on any atom is 0.237 e. The standard InChI is InChI=1S/C17H20N2O3S/c1-21-13-8-11-5-6-19(16(20)10-18)17(15-4-3-7-23-15)12(11)9-14(13)22-2/h3-4,7-9,17H,5-6,10,18H2,1-2H3. The SMILES string of the molecule is COc1cc2c(cc1OC)C(c1cccs1)N(C(=O)CN)CC2. The number of hydrogen-bond donors (Lipinski definition) is 1. The van der Waals surface area contributed by atoms with Gasteiger partial charge >= 0.3 is 0 Å². The minimum Gasteiger partial charge on any atom is -0.493 e. The minimum absolute atomic E-state index is 0.0184. The Labute approximate surface area is 139 Å². The minimum atomic E-state index is -0.116. The first kappa shape index (κ1) is 15.8. The topological polar surface area (TPSA) is 64.8 Å². The second-order valence-electron chi connectivity index (χ2n) is 5.37. The molecule has 2 aromatic rings. The van der Waals surface area contributed by atoms with Crippen molar-refractivity contribution in [2.24, 2.45) is 5.73 Å². The molecular formula is C17H20N2O3S. The number of amides is 1. The average Bonchev–Trinajstić information content (AvgIpc) is 3.12. The fourth-order valence-electron chi connectivity index (χ4n) is 3.09. The quantitative estimate of drug-likeness (QED) is 0.932. The van der Waals surface area contributed by atoms with Gasteiger partial charge in [0.05, 0.1) is 26.8 Å². The van der Waals surface area contributed by atoms with Gasteiger partial charge in [0.15, 0.2) is 11.5 Å². The molecular weight excluding hydrogens is 312 g/mol. The van der Waals surface area contributed by atoms with Crippen molar-refractivity contribution in [2.75, 3.05) is 27.3 Å². The second kappa shape index (κ2) is 6.60. The lowest BCUT2D eigenvalue weighted by Crippen LogP contribution is -2.43. The molecule has 2 heterocycles. The normalized spacial score (nSPS) is 16.8. The molecule has 1 aliphatic rings. The summed E-state index contributed by atoms with van der Waals surface area (Å²) < 4.78 is 10.8. The first-order chi connectivity index (χ1) is 11.2. The van der Waals surface area contributed by atoms with Crippen molar-refractivity contribution >= 4 is 17.2 Å². The predicted molar refractivity (Wildman–Crippen MR) is 90.2 cm³/mol. The van der Waals surface area contributed by atoms with Crippen molar-refractivity contribution in [2.45, 2.75) is 12.5 Å². The van der Waals surface area contributed by atoms with E-state index in [0.29, 0.717) is 12.3 Å². The predicted octanol–water partition coefficient (Wildman–Crippen LogP) is 2.20. The molecule has 122 valence electrons. The highest BCUT2D eigenvalue weighted by Crippen LogP contribution is 2.42. The summed E-state index contributed by atoms with van der Waals surface area (Å²) >= 11 is 1.64. The van der Waals surface area contributed by atoms with Gasteiger partial charge in [-0.05, 0) is 41.1 Å². The first-order valence-electron chi connectivity index (χ1n) is 7.47. The lowest BCUT2D eigenvalue weighted by Gasteiger charge is -2.37. The summed E-state index contributed by atoms with van der Waals surface area (Å²) in [6.45, 7) is 0.672. The lowest BCUT2D eigenvalue weighted by atomic mass is 9.90. The zero-order chi connectivity index (χ0) is 16.4. The number of ether oxygens (including phenoxy) is 2. The maximum atomic E-state index is 12.3. The van der Waals surface area contributed by atoms with Crippen molar-refractivity contribution in [3.63, 3.8) is 0 Å². The van der Waals surface area contributed by atoms with Crippen LogP contribution in [-0.4, -0.2) is 38.1 Å². The molecule has 1 aromatic carbocycles. The van der Waals surface area contributed by atoms with Gasteiger partial charge in [-0.15, -0.1) is 11.3 Å². The van der Waals surface area contributed by atoms with E-state index in [1.807, 2.05) is 28.5 Å². The molecule has 1 aliphatic heterocycles. The number of benzene rings is 1. The molecule has 1 unspecified atom stereocenters. The van der Waals surface area contributed by atoms with Crippen molar-refractivity contribution < 1.29 is 14.3 Å². The number of hydrogen-bond acceptors (Lipinski definition) is 5. The molecule has 6 heteroatoms. The summed E-state index contributed by atoms with van der Waals surface area (Å²) in [6.07, 6.45) is 0.781. The van der Waals surface area contributed by atoms with Crippen LogP contribution in [-0.2, 0) is 11.2 Å². The number of methoxy groups -OCH3 is 2. The molecule has 0 saturated heterocycles. The molecule has 3 rings (SSSR count). The van der Waals surface area contributed by atoms with E-state index in [4.69, 9.17) is 15.2 Å². The third-order valence-corrected chi connectivity index (χ3v) is 5.11. The van der Waals surface area contributed by atoms with Crippen LogP contribution in [0.3, 0.4) is 0 Å². The van der Waals surface area contributed by atoms with E-state index >= 15 is 0 Å². The molecule has 1 amide bonds. The third kappa shape index (κ3) is 2.80. The zero-order valence-electron chi connectivity index (χ0n) is 13.2. The summed E-state index contributed by atoms with van der Waals surface area (Å²) in [5.74, 6) is 1.36. The molecule has 23 heavy (non-hydrogen) atoms. The fraction of sp³-hybridized carbons (Fsp3) is 0.353. The molecule has 0 aliphatic carbocycles. The van der Waals surface area contributed by atoms with Crippen LogP contribution in [0.15, 0.2) is 29.6 Å². The highest BCUT2D eigenvalue weighted by Gasteiger charge is 2.33. The van der Waals surface area contributed by atoms with E-state index in [-0.39, 0.29) is 18.5 Å². The second-order valence-corrected chi connectivity index (χ2v) is 6.34. The van der Waals surface area contributed by atoms with Crippen LogP contribution in [0.25, 0.3) is 0 Å². The van der Waals surface area contributed by atoms with Crippen LogP contribution in [0.2, 0.25) is 0 Å². The van der Waals surface area contributed by atoms with E-state index in [0.717, 1.165) is 22.6 Å². The Balaban J connectivity index is 2.14. The van der Waals surface area contributed by atoms with Crippen molar-refractivity contribution in [1.82, 2.24) is 4.90 Å². The third-order valence-electron chi connectivity index (χ3n) is 4.18. The first-order valence-corrected chi connectivity index (χ1v) is 8.35. The van der Waals surface area contributed by atoms with Gasteiger partial charge in [-0.3, -0.25) is 4.79 Å². The molecule has 0 bridgehead atoms. The van der Waals surface area contributed by atoms with Crippen molar-refractivity contribution in [1.29, 1.82) is 0 Å². The summed E-state index contributed by atoms with van der Waals surface area (Å²) in [7, 11) is 3.25. The van der Waals surface area contributed by atoms with E-state index < -0.39 is 0 Å². The Morgan fingerprint density at radius 1 is 1.35 bits per heavy atom. The molecule has 0 radical (unpaired) electrons. The van der Waals surface area contributed by atoms with Gasteiger partial charge in [-0.1, -0.05) is 6.07 Å². The summed E-state index contributed by atoms with van der Waals surface area (Å²) in [5.41, 5.74) is 7.87. The van der Waals surface area contributed by atoms with Gasteiger partial charge in [0, 0.05) is 11.4 Å². The number of nitrogens with two attached hydrogens (primary N) is 1. The van der Waals surface area contributed by atoms with Crippen LogP contribution < -0.4 is 15.2 Å². The largest absolute Gasteiger partial charge is 0.493 e. The monoisotopic (exact) mass is 332 g/mol. The van der Waals surface area contributed by atoms with Crippen molar-refractivity contribution in [3.8, 4) is 11.5 Å². The Hall–Kier alpha value is -2.05. The Morgan fingerprint density at radius 2 is 2.09 bits per heavy atom. The van der Waals surface area contributed by atoms with E-state index in [9.17, 15) is 4.79 Å². The number of rotatable bonds is 4. The fourth-order valence-corrected chi connectivity index (χ4v) is 3.94. The van der Waals surface area contributed by atoms with E-state index in [1.54, 1.807) is 25.6 Å². The molecule has 1 atom stereocenters. The lowest BCUT2D eigenvalue weighted by molar-refractivity contribution is -0.131. The van der Waals surface area contributed by atoms with Crippen LogP contribution in [0.4, 0.5) is 0 Å². The number of nitrogens with zero attached hydrogens (tertiary/aromatic N) is 1. The number of carbonyl (C=O) groups is 1. The molecule has 5 nitrogen and oxygen atoms in total. The van der Waals surface area contributed by atoms with E-state index in [1.165, 1.54) is 5.56 Å². The van der Waals surface area contributed by atoms with E-state index in [2.05, 4.69) is 6.07 Å². The molecule has 2 N–H and O–H groups in total. The van der Waals surface area contributed by atoms with Crippen molar-refractivity contribution in [3.05, 3.63) is 45.6 Å². The van der Waals surface area contributed by atoms with Crippen LogP contribution in [0.1, 0.15) is 22.0 Å². The maximum absolute atomic E-state index is 12.3. The van der Waals surface area contributed by atoms with Gasteiger partial charge in [0.25, 0.3) is 0 Å². The Kier molecular flexibility index (Phi) is 4.54. The highest BCUT2D eigenvalue weighted by atomic mass is 32.1. The van der Waals surface area contributed by atoms with Crippen LogP contribution in [0, 0.1) is 0 Å². The summed E-state index contributed by atoms with van der Waals surface area (Å²) in [4.78, 5) is 15.3. The molecule has 0 saturated carbocycles. The number of fused-ring (bicyclic) bond motifs is 1. The molecule has 0 fully saturated rings. The zero-order valence-corrected chi connectivity index (χ0v) is 14.1. The van der Waals surface area contributed by atoms with Gasteiger partial charge < -0.3 is 20.1 Å². The smallest absolute Gasteiger partial charge is 0.237 e. The van der Waals surface area contributed by atoms with Gasteiger partial charge in [-0.25, -0.2) is 0 Å².